The van der Waals surface area contributed by atoms with Crippen LogP contribution >= 0.6 is 0 Å². The van der Waals surface area contributed by atoms with Crippen molar-refractivity contribution in [2.75, 3.05) is 0 Å². The van der Waals surface area contributed by atoms with Crippen LogP contribution in [0.4, 0.5) is 0 Å². The molecule has 94 valence electrons. The van der Waals surface area contributed by atoms with Crippen LogP contribution < -0.4 is 0 Å². The van der Waals surface area contributed by atoms with Gasteiger partial charge in [0.15, 0.2) is 0 Å². The summed E-state index contributed by atoms with van der Waals surface area (Å²) in [6.07, 6.45) is 1.97. The average Bonchev–Trinajstić information content (AvgIpc) is 2.45. The molecule has 18 heavy (non-hydrogen) atoms. The number of benzene rings is 1. The molecule has 2 rings (SSSR count). The molecule has 0 aliphatic heterocycles. The second-order valence-electron chi connectivity index (χ2n) is 5.44. The fraction of sp³-hybridized carbons (Fsp3) is 0.333. The van der Waals surface area contributed by atoms with Gasteiger partial charge in [0, 0.05) is 0 Å². The van der Waals surface area contributed by atoms with Crippen LogP contribution in [0, 0.1) is 27.7 Å². The SMILES string of the molecule is C=C1CCC(=C)c2c(C)c(C)c(C)c(C)c2C1=C. The van der Waals surface area contributed by atoms with Crippen LogP contribution in [0.2, 0.25) is 0 Å². The fourth-order valence-electron chi connectivity index (χ4n) is 2.89. The van der Waals surface area contributed by atoms with E-state index in [0.29, 0.717) is 0 Å². The summed E-state index contributed by atoms with van der Waals surface area (Å²) in [5, 5.41) is 0. The van der Waals surface area contributed by atoms with E-state index < -0.39 is 0 Å². The highest BCUT2D eigenvalue weighted by Gasteiger charge is 2.22. The molecule has 0 aromatic heterocycles. The van der Waals surface area contributed by atoms with E-state index in [-0.39, 0.29) is 0 Å². The molecule has 1 aliphatic carbocycles. The van der Waals surface area contributed by atoms with Crippen molar-refractivity contribution in [2.24, 2.45) is 0 Å². The van der Waals surface area contributed by atoms with Crippen molar-refractivity contribution in [1.29, 1.82) is 0 Å². The molecule has 0 nitrogen and oxygen atoms in total. The summed E-state index contributed by atoms with van der Waals surface area (Å²) in [6.45, 7) is 21.5. The molecule has 0 saturated heterocycles. The number of allylic oxidation sites excluding steroid dienone is 3. The predicted molar refractivity (Wildman–Crippen MR) is 81.8 cm³/mol. The summed E-state index contributed by atoms with van der Waals surface area (Å²) >= 11 is 0. The van der Waals surface area contributed by atoms with E-state index in [4.69, 9.17) is 0 Å². The summed E-state index contributed by atoms with van der Waals surface area (Å²) in [6, 6.07) is 0. The van der Waals surface area contributed by atoms with E-state index in [2.05, 4.69) is 47.4 Å². The molecule has 0 saturated carbocycles. The van der Waals surface area contributed by atoms with E-state index >= 15 is 0 Å². The lowest BCUT2D eigenvalue weighted by Gasteiger charge is -2.21. The summed E-state index contributed by atoms with van der Waals surface area (Å²) in [7, 11) is 0. The maximum atomic E-state index is 4.27. The predicted octanol–water partition coefficient (Wildman–Crippen LogP) is 5.30. The summed E-state index contributed by atoms with van der Waals surface area (Å²) in [5.74, 6) is 0. The van der Waals surface area contributed by atoms with Crippen LogP contribution in [0.25, 0.3) is 11.1 Å². The first kappa shape index (κ1) is 12.9. The molecule has 0 spiro atoms. The Labute approximate surface area is 111 Å². The zero-order valence-corrected chi connectivity index (χ0v) is 12.0. The highest BCUT2D eigenvalue weighted by molar-refractivity contribution is 5.90. The lowest BCUT2D eigenvalue weighted by atomic mass is 9.83. The van der Waals surface area contributed by atoms with Gasteiger partial charge in [-0.05, 0) is 90.6 Å². The van der Waals surface area contributed by atoms with Gasteiger partial charge in [-0.2, -0.15) is 0 Å². The number of hydrogen-bond acceptors (Lipinski definition) is 0. The van der Waals surface area contributed by atoms with Crippen LogP contribution in [0.5, 0.6) is 0 Å². The third kappa shape index (κ3) is 1.68. The van der Waals surface area contributed by atoms with Gasteiger partial charge in [0.2, 0.25) is 0 Å². The standard InChI is InChI=1S/C18H22/c1-10-8-9-11(2)17-15(6)13(4)14(5)16(7)18(17)12(10)3/h1-3,8-9H2,4-7H3. The highest BCUT2D eigenvalue weighted by atomic mass is 14.3. The van der Waals surface area contributed by atoms with Gasteiger partial charge in [0.05, 0.1) is 0 Å². The molecule has 0 unspecified atom stereocenters. The number of fused-ring (bicyclic) bond motifs is 1. The molecule has 0 heterocycles. The third-order valence-electron chi connectivity index (χ3n) is 4.50. The van der Waals surface area contributed by atoms with Crippen LogP contribution in [0.1, 0.15) is 46.2 Å². The Bertz CT molecular complexity index is 583. The van der Waals surface area contributed by atoms with Gasteiger partial charge in [0.1, 0.15) is 0 Å². The Hall–Kier alpha value is -1.56. The highest BCUT2D eigenvalue weighted by Crippen LogP contribution is 2.42. The molecular weight excluding hydrogens is 216 g/mol. The normalized spacial score (nSPS) is 15.7. The van der Waals surface area contributed by atoms with E-state index in [1.165, 1.54) is 39.0 Å². The zero-order chi connectivity index (χ0) is 13.6. The minimum Gasteiger partial charge on any atom is -0.0952 e. The second-order valence-corrected chi connectivity index (χ2v) is 5.44. The van der Waals surface area contributed by atoms with Crippen molar-refractivity contribution in [3.05, 3.63) is 58.7 Å². The van der Waals surface area contributed by atoms with E-state index in [9.17, 15) is 0 Å². The monoisotopic (exact) mass is 238 g/mol. The molecule has 0 fully saturated rings. The summed E-state index contributed by atoms with van der Waals surface area (Å²) < 4.78 is 0. The second kappa shape index (κ2) is 4.28. The molecule has 1 aliphatic rings. The molecule has 1 aromatic rings. The minimum absolute atomic E-state index is 0.976. The van der Waals surface area contributed by atoms with Crippen molar-refractivity contribution in [2.45, 2.75) is 40.5 Å². The van der Waals surface area contributed by atoms with Crippen molar-refractivity contribution in [3.8, 4) is 0 Å². The van der Waals surface area contributed by atoms with Gasteiger partial charge in [-0.3, -0.25) is 0 Å². The van der Waals surface area contributed by atoms with E-state index in [1.807, 2.05) is 0 Å². The molecular formula is C18H22. The molecule has 0 amide bonds. The molecule has 0 bridgehead atoms. The Kier molecular flexibility index (Phi) is 3.06. The van der Waals surface area contributed by atoms with Gasteiger partial charge in [-0.1, -0.05) is 19.7 Å². The molecule has 0 N–H and O–H groups in total. The average molecular weight is 238 g/mol. The third-order valence-corrected chi connectivity index (χ3v) is 4.50. The van der Waals surface area contributed by atoms with Crippen molar-refractivity contribution in [1.82, 2.24) is 0 Å². The first-order valence-corrected chi connectivity index (χ1v) is 6.52. The number of hydrogen-bond donors (Lipinski definition) is 0. The van der Waals surface area contributed by atoms with Crippen molar-refractivity contribution < 1.29 is 0 Å². The smallest absolute Gasteiger partial charge is 0.00775 e. The number of rotatable bonds is 0. The Morgan fingerprint density at radius 3 is 1.61 bits per heavy atom. The summed E-state index contributed by atoms with van der Waals surface area (Å²) in [4.78, 5) is 0. The fourth-order valence-corrected chi connectivity index (χ4v) is 2.89. The summed E-state index contributed by atoms with van der Waals surface area (Å²) in [5.41, 5.74) is 11.5. The lowest BCUT2D eigenvalue weighted by Crippen LogP contribution is -2.03. The Morgan fingerprint density at radius 1 is 0.611 bits per heavy atom. The minimum atomic E-state index is 0.976. The van der Waals surface area contributed by atoms with Crippen LogP contribution in [0.15, 0.2) is 25.3 Å². The Morgan fingerprint density at radius 2 is 1.06 bits per heavy atom. The van der Waals surface area contributed by atoms with Crippen LogP contribution in [-0.2, 0) is 0 Å². The zero-order valence-electron chi connectivity index (χ0n) is 12.0. The van der Waals surface area contributed by atoms with Crippen molar-refractivity contribution >= 4 is 11.1 Å². The Balaban J connectivity index is 2.91. The molecule has 0 radical (unpaired) electrons. The largest absolute Gasteiger partial charge is 0.0952 e. The molecule has 1 aromatic carbocycles. The first-order valence-electron chi connectivity index (χ1n) is 6.52. The van der Waals surface area contributed by atoms with Gasteiger partial charge in [0.25, 0.3) is 0 Å². The van der Waals surface area contributed by atoms with Crippen LogP contribution in [-0.4, -0.2) is 0 Å². The first-order chi connectivity index (χ1) is 8.36. The maximum absolute atomic E-state index is 4.27. The van der Waals surface area contributed by atoms with E-state index in [1.54, 1.807) is 0 Å². The van der Waals surface area contributed by atoms with Gasteiger partial charge in [-0.15, -0.1) is 0 Å². The van der Waals surface area contributed by atoms with Gasteiger partial charge < -0.3 is 0 Å². The van der Waals surface area contributed by atoms with Gasteiger partial charge in [-0.25, -0.2) is 0 Å². The van der Waals surface area contributed by atoms with Gasteiger partial charge >= 0.3 is 0 Å². The van der Waals surface area contributed by atoms with Crippen molar-refractivity contribution in [3.63, 3.8) is 0 Å². The molecule has 0 heteroatoms. The maximum Gasteiger partial charge on any atom is -0.00775 e. The van der Waals surface area contributed by atoms with Crippen LogP contribution in [0.3, 0.4) is 0 Å². The van der Waals surface area contributed by atoms with E-state index in [0.717, 1.165) is 24.0 Å². The molecule has 0 atom stereocenters. The lowest BCUT2D eigenvalue weighted by molar-refractivity contribution is 1.05. The topological polar surface area (TPSA) is 0 Å². The quantitative estimate of drug-likeness (QED) is 0.538.